The van der Waals surface area contributed by atoms with Gasteiger partial charge in [-0.25, -0.2) is 0 Å². The van der Waals surface area contributed by atoms with Gasteiger partial charge in [0.2, 0.25) is 11.8 Å². The predicted molar refractivity (Wildman–Crippen MR) is 93.4 cm³/mol. The molecule has 1 heterocycles. The van der Waals surface area contributed by atoms with Gasteiger partial charge in [-0.2, -0.15) is 0 Å². The first-order chi connectivity index (χ1) is 11.7. The number of nitrogens with one attached hydrogen (secondary N) is 1. The molecule has 1 aromatic rings. The Hall–Kier alpha value is -1.88. The molecule has 2 amide bonds. The smallest absolute Gasteiger partial charge is 0.224 e. The summed E-state index contributed by atoms with van der Waals surface area (Å²) in [6.07, 6.45) is 4.06. The van der Waals surface area contributed by atoms with E-state index in [0.29, 0.717) is 38.6 Å². The second-order valence-electron chi connectivity index (χ2n) is 6.32. The van der Waals surface area contributed by atoms with Crippen molar-refractivity contribution in [3.05, 3.63) is 35.9 Å². The molecule has 1 aromatic carbocycles. The Kier molecular flexibility index (Phi) is 7.75. The number of benzene rings is 1. The van der Waals surface area contributed by atoms with E-state index in [9.17, 15) is 9.59 Å². The first kappa shape index (κ1) is 18.5. The Morgan fingerprint density at radius 2 is 2.00 bits per heavy atom. The van der Waals surface area contributed by atoms with E-state index in [0.717, 1.165) is 24.9 Å². The van der Waals surface area contributed by atoms with Crippen LogP contribution in [-0.4, -0.2) is 42.5 Å². The Labute approximate surface area is 144 Å². The highest BCUT2D eigenvalue weighted by Crippen LogP contribution is 2.16. The third-order valence-corrected chi connectivity index (χ3v) is 4.37. The Morgan fingerprint density at radius 3 is 2.75 bits per heavy atom. The van der Waals surface area contributed by atoms with Gasteiger partial charge in [-0.05, 0) is 31.7 Å². The molecule has 1 saturated heterocycles. The molecular formula is C19H28N2O3. The van der Waals surface area contributed by atoms with Crippen LogP contribution < -0.4 is 5.32 Å². The molecule has 0 radical (unpaired) electrons. The van der Waals surface area contributed by atoms with Gasteiger partial charge >= 0.3 is 0 Å². The number of carbonyl (C=O) groups is 2. The summed E-state index contributed by atoms with van der Waals surface area (Å²) < 4.78 is 5.49. The molecule has 0 saturated carbocycles. The van der Waals surface area contributed by atoms with Crippen LogP contribution in [0.15, 0.2) is 30.3 Å². The fourth-order valence-corrected chi connectivity index (χ4v) is 2.94. The summed E-state index contributed by atoms with van der Waals surface area (Å²) in [4.78, 5) is 25.9. The monoisotopic (exact) mass is 332 g/mol. The average Bonchev–Trinajstić information content (AvgIpc) is 2.60. The molecule has 0 bridgehead atoms. The van der Waals surface area contributed by atoms with E-state index in [4.69, 9.17) is 4.74 Å². The van der Waals surface area contributed by atoms with Crippen molar-refractivity contribution < 1.29 is 14.3 Å². The number of piperidine rings is 1. The van der Waals surface area contributed by atoms with Crippen LogP contribution in [0.25, 0.3) is 0 Å². The van der Waals surface area contributed by atoms with Crippen molar-refractivity contribution in [3.8, 4) is 0 Å². The number of amides is 2. The van der Waals surface area contributed by atoms with E-state index in [-0.39, 0.29) is 11.8 Å². The number of hydrogen-bond donors (Lipinski definition) is 1. The largest absolute Gasteiger partial charge is 0.376 e. The van der Waals surface area contributed by atoms with Crippen LogP contribution in [-0.2, 0) is 20.9 Å². The molecule has 1 N–H and O–H groups in total. The molecule has 0 aliphatic carbocycles. The van der Waals surface area contributed by atoms with Crippen LogP contribution >= 0.6 is 0 Å². The number of rotatable bonds is 8. The molecule has 1 atom stereocenters. The first-order valence-corrected chi connectivity index (χ1v) is 8.84. The fraction of sp³-hybridized carbons (Fsp3) is 0.579. The van der Waals surface area contributed by atoms with Gasteiger partial charge in [-0.3, -0.25) is 9.59 Å². The summed E-state index contributed by atoms with van der Waals surface area (Å²) in [5.41, 5.74) is 1.10. The highest BCUT2D eigenvalue weighted by atomic mass is 16.5. The standard InChI is InChI=1S/C19H28N2O3/c1-16-7-5-6-13-21(16)19(23)10-12-20-18(22)11-14-24-15-17-8-3-2-4-9-17/h2-4,8-9,16H,5-7,10-15H2,1H3,(H,20,22)/t16-/m0/s1. The van der Waals surface area contributed by atoms with Gasteiger partial charge in [-0.1, -0.05) is 30.3 Å². The second kappa shape index (κ2) is 10.1. The summed E-state index contributed by atoms with van der Waals surface area (Å²) in [5, 5.41) is 2.80. The van der Waals surface area contributed by atoms with Crippen molar-refractivity contribution in [2.45, 2.75) is 51.7 Å². The zero-order valence-corrected chi connectivity index (χ0v) is 14.5. The molecule has 24 heavy (non-hydrogen) atoms. The Bertz CT molecular complexity index is 519. The highest BCUT2D eigenvalue weighted by Gasteiger charge is 2.22. The topological polar surface area (TPSA) is 58.6 Å². The van der Waals surface area contributed by atoms with Crippen molar-refractivity contribution in [2.75, 3.05) is 19.7 Å². The quantitative estimate of drug-likeness (QED) is 0.744. The molecule has 5 nitrogen and oxygen atoms in total. The first-order valence-electron chi connectivity index (χ1n) is 8.84. The molecule has 0 aromatic heterocycles. The lowest BCUT2D eigenvalue weighted by molar-refractivity contribution is -0.134. The van der Waals surface area contributed by atoms with Gasteiger partial charge in [0.1, 0.15) is 0 Å². The molecule has 1 aliphatic rings. The lowest BCUT2D eigenvalue weighted by Crippen LogP contribution is -2.43. The van der Waals surface area contributed by atoms with Crippen LogP contribution in [0.2, 0.25) is 0 Å². The van der Waals surface area contributed by atoms with Crippen LogP contribution in [0.5, 0.6) is 0 Å². The maximum atomic E-state index is 12.2. The number of carbonyl (C=O) groups excluding carboxylic acids is 2. The van der Waals surface area contributed by atoms with Crippen LogP contribution in [0.3, 0.4) is 0 Å². The minimum absolute atomic E-state index is 0.0671. The third-order valence-electron chi connectivity index (χ3n) is 4.37. The van der Waals surface area contributed by atoms with Crippen molar-refractivity contribution in [1.29, 1.82) is 0 Å². The zero-order valence-electron chi connectivity index (χ0n) is 14.5. The highest BCUT2D eigenvalue weighted by molar-refractivity contribution is 5.79. The SMILES string of the molecule is C[C@H]1CCCCN1C(=O)CCNC(=O)CCOCc1ccccc1. The van der Waals surface area contributed by atoms with Crippen molar-refractivity contribution in [2.24, 2.45) is 0 Å². The van der Waals surface area contributed by atoms with Crippen LogP contribution in [0.1, 0.15) is 44.6 Å². The van der Waals surface area contributed by atoms with Gasteiger partial charge in [0, 0.05) is 32.0 Å². The molecule has 0 spiro atoms. The summed E-state index contributed by atoms with van der Waals surface area (Å²) in [7, 11) is 0. The molecular weight excluding hydrogens is 304 g/mol. The summed E-state index contributed by atoms with van der Waals surface area (Å²) in [5.74, 6) is 0.0744. The number of ether oxygens (including phenoxy) is 1. The van der Waals surface area contributed by atoms with Gasteiger partial charge in [0.25, 0.3) is 0 Å². The van der Waals surface area contributed by atoms with Crippen molar-refractivity contribution >= 4 is 11.8 Å². The molecule has 0 unspecified atom stereocenters. The summed E-state index contributed by atoms with van der Waals surface area (Å²) >= 11 is 0. The second-order valence-corrected chi connectivity index (χ2v) is 6.32. The Morgan fingerprint density at radius 1 is 1.21 bits per heavy atom. The molecule has 5 heteroatoms. The molecule has 1 aliphatic heterocycles. The number of likely N-dealkylation sites (tertiary alicyclic amines) is 1. The molecule has 2 rings (SSSR count). The van der Waals surface area contributed by atoms with E-state index < -0.39 is 0 Å². The lowest BCUT2D eigenvalue weighted by Gasteiger charge is -2.33. The lowest BCUT2D eigenvalue weighted by atomic mass is 10.0. The van der Waals surface area contributed by atoms with Gasteiger partial charge < -0.3 is 15.0 Å². The predicted octanol–water partition coefficient (Wildman–Crippen LogP) is 2.50. The van der Waals surface area contributed by atoms with Crippen molar-refractivity contribution in [3.63, 3.8) is 0 Å². The maximum absolute atomic E-state index is 12.2. The van der Waals surface area contributed by atoms with E-state index in [1.807, 2.05) is 35.2 Å². The number of hydrogen-bond acceptors (Lipinski definition) is 3. The van der Waals surface area contributed by atoms with E-state index in [2.05, 4.69) is 12.2 Å². The van der Waals surface area contributed by atoms with Gasteiger partial charge in [0.05, 0.1) is 13.2 Å². The Balaban J connectivity index is 1.54. The maximum Gasteiger partial charge on any atom is 0.224 e. The van der Waals surface area contributed by atoms with E-state index in [1.165, 1.54) is 6.42 Å². The minimum Gasteiger partial charge on any atom is -0.376 e. The van der Waals surface area contributed by atoms with E-state index >= 15 is 0 Å². The van der Waals surface area contributed by atoms with Gasteiger partial charge in [0.15, 0.2) is 0 Å². The van der Waals surface area contributed by atoms with E-state index in [1.54, 1.807) is 0 Å². The van der Waals surface area contributed by atoms with Crippen LogP contribution in [0.4, 0.5) is 0 Å². The average molecular weight is 332 g/mol. The molecule has 132 valence electrons. The molecule has 1 fully saturated rings. The zero-order chi connectivity index (χ0) is 17.2. The fourth-order valence-electron chi connectivity index (χ4n) is 2.94. The third kappa shape index (κ3) is 6.32. The van der Waals surface area contributed by atoms with Crippen LogP contribution in [0, 0.1) is 0 Å². The summed E-state index contributed by atoms with van der Waals surface area (Å²) in [6.45, 7) is 4.25. The van der Waals surface area contributed by atoms with Crippen molar-refractivity contribution in [1.82, 2.24) is 10.2 Å². The summed E-state index contributed by atoms with van der Waals surface area (Å²) in [6, 6.07) is 10.2. The van der Waals surface area contributed by atoms with Gasteiger partial charge in [-0.15, -0.1) is 0 Å². The number of nitrogens with zero attached hydrogens (tertiary/aromatic N) is 1. The minimum atomic E-state index is -0.0671. The normalized spacial score (nSPS) is 17.5.